The van der Waals surface area contributed by atoms with Crippen molar-refractivity contribution in [1.82, 2.24) is 14.5 Å². The molecule has 0 aliphatic rings. The van der Waals surface area contributed by atoms with Crippen LogP contribution in [0.15, 0.2) is 14.4 Å². The van der Waals surface area contributed by atoms with Crippen molar-refractivity contribution in [3.8, 4) is 18.2 Å². The quantitative estimate of drug-likeness (QED) is 0.592. The molecule has 0 fully saturated rings. The van der Waals surface area contributed by atoms with E-state index < -0.39 is 29.0 Å². The van der Waals surface area contributed by atoms with Crippen LogP contribution in [-0.4, -0.2) is 14.5 Å². The minimum atomic E-state index is -2.26. The summed E-state index contributed by atoms with van der Waals surface area (Å²) in [5, 5.41) is 26.2. The zero-order valence-electron chi connectivity index (χ0n) is 8.22. The average molecular weight is 232 g/mol. The van der Waals surface area contributed by atoms with Crippen LogP contribution in [-0.2, 0) is 5.54 Å². The van der Waals surface area contributed by atoms with E-state index in [-0.39, 0.29) is 4.57 Å². The highest BCUT2D eigenvalue weighted by atomic mass is 16.2. The fourth-order valence-electron chi connectivity index (χ4n) is 1.17. The molecule has 0 bridgehead atoms. The Kier molecular flexibility index (Phi) is 2.93. The predicted octanol–water partition coefficient (Wildman–Crippen LogP) is -2.12. The van der Waals surface area contributed by atoms with E-state index in [1.807, 2.05) is 0 Å². The highest BCUT2D eigenvalue weighted by Gasteiger charge is 2.36. The van der Waals surface area contributed by atoms with Crippen molar-refractivity contribution >= 4 is 0 Å². The van der Waals surface area contributed by atoms with Gasteiger partial charge >= 0.3 is 17.1 Å². The molecule has 0 aromatic carbocycles. The van der Waals surface area contributed by atoms with Gasteiger partial charge in [-0.3, -0.25) is 9.97 Å². The van der Waals surface area contributed by atoms with Gasteiger partial charge in [0.25, 0.3) is 0 Å². The molecule has 17 heavy (non-hydrogen) atoms. The molecule has 1 heterocycles. The van der Waals surface area contributed by atoms with Gasteiger partial charge < -0.3 is 0 Å². The Bertz CT molecular complexity index is 683. The van der Waals surface area contributed by atoms with Crippen LogP contribution in [0, 0.1) is 34.0 Å². The minimum Gasteiger partial charge on any atom is -0.259 e. The van der Waals surface area contributed by atoms with Crippen molar-refractivity contribution in [2.24, 2.45) is 0 Å². The number of hydrogen-bond donors (Lipinski definition) is 2. The van der Waals surface area contributed by atoms with Gasteiger partial charge in [-0.1, -0.05) is 0 Å². The van der Waals surface area contributed by atoms with Gasteiger partial charge in [-0.25, -0.2) is 19.0 Å². The highest BCUT2D eigenvalue weighted by molar-refractivity contribution is 5.21. The van der Waals surface area contributed by atoms with E-state index in [0.29, 0.717) is 0 Å². The molecule has 0 saturated carbocycles. The van der Waals surface area contributed by atoms with Gasteiger partial charge in [0.1, 0.15) is 12.1 Å². The van der Waals surface area contributed by atoms with Crippen LogP contribution in [0.4, 0.5) is 0 Å². The van der Waals surface area contributed by atoms with Crippen LogP contribution in [0.2, 0.25) is 0 Å². The number of H-pyrrole nitrogens is 2. The summed E-state index contributed by atoms with van der Waals surface area (Å²) in [5.41, 5.74) is -5.77. The van der Waals surface area contributed by atoms with Crippen molar-refractivity contribution in [1.29, 1.82) is 15.8 Å². The number of nitriles is 3. The summed E-state index contributed by atoms with van der Waals surface area (Å²) in [6, 6.07) is 4.37. The van der Waals surface area contributed by atoms with Gasteiger partial charge in [0.2, 0.25) is 5.54 Å². The number of aromatic nitrogens is 3. The fourth-order valence-corrected chi connectivity index (χ4v) is 1.17. The van der Waals surface area contributed by atoms with Crippen molar-refractivity contribution in [3.63, 3.8) is 0 Å². The summed E-state index contributed by atoms with van der Waals surface area (Å²) in [6.45, 7) is 0. The zero-order chi connectivity index (χ0) is 13.1. The molecule has 0 aliphatic heterocycles. The second kappa shape index (κ2) is 4.17. The van der Waals surface area contributed by atoms with E-state index in [1.165, 1.54) is 18.2 Å². The van der Waals surface area contributed by atoms with E-state index in [1.54, 1.807) is 9.97 Å². The van der Waals surface area contributed by atoms with E-state index in [9.17, 15) is 14.4 Å². The molecule has 0 saturated heterocycles. The van der Waals surface area contributed by atoms with E-state index in [0.717, 1.165) is 0 Å². The fraction of sp³-hybridized carbons (Fsp3) is 0.250. The van der Waals surface area contributed by atoms with Crippen LogP contribution in [0.3, 0.4) is 0 Å². The van der Waals surface area contributed by atoms with Crippen LogP contribution in [0.1, 0.15) is 6.42 Å². The second-order valence-electron chi connectivity index (χ2n) is 2.94. The van der Waals surface area contributed by atoms with Crippen LogP contribution >= 0.6 is 0 Å². The normalized spacial score (nSPS) is 9.94. The summed E-state index contributed by atoms with van der Waals surface area (Å²) in [5.74, 6) is 0. The lowest BCUT2D eigenvalue weighted by atomic mass is 10.00. The van der Waals surface area contributed by atoms with Crippen LogP contribution < -0.4 is 17.1 Å². The zero-order valence-corrected chi connectivity index (χ0v) is 8.22. The molecule has 9 nitrogen and oxygen atoms in total. The Morgan fingerprint density at radius 3 is 1.88 bits per heavy atom. The molecule has 0 spiro atoms. The summed E-state index contributed by atoms with van der Waals surface area (Å²) < 4.78 is 0.206. The van der Waals surface area contributed by atoms with E-state index in [4.69, 9.17) is 15.8 Å². The molecule has 2 N–H and O–H groups in total. The molecular weight excluding hydrogens is 228 g/mol. The molecule has 1 rings (SSSR count). The SMILES string of the molecule is N#CCC(C#N)(C#N)n1c(=O)[nH]c(=O)[nH]c1=O. The Morgan fingerprint density at radius 2 is 1.53 bits per heavy atom. The third kappa shape index (κ3) is 1.83. The number of hydrogen-bond acceptors (Lipinski definition) is 6. The molecule has 84 valence electrons. The molecule has 0 radical (unpaired) electrons. The van der Waals surface area contributed by atoms with Crippen molar-refractivity contribution < 1.29 is 0 Å². The van der Waals surface area contributed by atoms with Gasteiger partial charge in [0.15, 0.2) is 0 Å². The largest absolute Gasteiger partial charge is 0.335 e. The Labute approximate surface area is 92.8 Å². The lowest BCUT2D eigenvalue weighted by molar-refractivity contribution is 0.447. The topological polar surface area (TPSA) is 159 Å². The number of aromatic amines is 2. The number of nitrogens with one attached hydrogen (secondary N) is 2. The Morgan fingerprint density at radius 1 is 1.06 bits per heavy atom. The standard InChI is InChI=1S/C8H4N6O3/c9-2-1-8(3-10,4-11)14-6(16)12-5(15)13-7(14)17/h1H2,(H2,12,13,15,16,17). The summed E-state index contributed by atoms with van der Waals surface area (Å²) in [7, 11) is 0. The maximum Gasteiger partial charge on any atom is 0.335 e. The first-order valence-electron chi connectivity index (χ1n) is 4.16. The van der Waals surface area contributed by atoms with Gasteiger partial charge in [0.05, 0.1) is 12.5 Å². The lowest BCUT2D eigenvalue weighted by Crippen LogP contribution is -2.52. The van der Waals surface area contributed by atoms with Crippen molar-refractivity contribution in [2.45, 2.75) is 12.0 Å². The first-order chi connectivity index (χ1) is 8.00. The molecular formula is C8H4N6O3. The monoisotopic (exact) mass is 232 g/mol. The first kappa shape index (κ1) is 12.0. The molecule has 1 aromatic heterocycles. The molecule has 0 aliphatic carbocycles. The lowest BCUT2D eigenvalue weighted by Gasteiger charge is -2.15. The van der Waals surface area contributed by atoms with Crippen LogP contribution in [0.25, 0.3) is 0 Å². The molecule has 0 atom stereocenters. The highest BCUT2D eigenvalue weighted by Crippen LogP contribution is 2.13. The van der Waals surface area contributed by atoms with E-state index in [2.05, 4.69) is 0 Å². The third-order valence-electron chi connectivity index (χ3n) is 1.93. The molecule has 1 aromatic rings. The average Bonchev–Trinajstić information content (AvgIpc) is 2.26. The molecule has 9 heteroatoms. The van der Waals surface area contributed by atoms with Crippen molar-refractivity contribution in [2.75, 3.05) is 0 Å². The first-order valence-corrected chi connectivity index (χ1v) is 4.16. The van der Waals surface area contributed by atoms with Gasteiger partial charge in [0, 0.05) is 0 Å². The van der Waals surface area contributed by atoms with Crippen molar-refractivity contribution in [3.05, 3.63) is 31.5 Å². The summed E-state index contributed by atoms with van der Waals surface area (Å²) >= 11 is 0. The van der Waals surface area contributed by atoms with E-state index >= 15 is 0 Å². The van der Waals surface area contributed by atoms with Crippen LogP contribution in [0.5, 0.6) is 0 Å². The summed E-state index contributed by atoms with van der Waals surface area (Å²) in [4.78, 5) is 36.9. The maximum absolute atomic E-state index is 11.4. The van der Waals surface area contributed by atoms with Gasteiger partial charge in [-0.2, -0.15) is 15.8 Å². The number of rotatable bonds is 2. The third-order valence-corrected chi connectivity index (χ3v) is 1.93. The summed E-state index contributed by atoms with van der Waals surface area (Å²) in [6.07, 6.45) is -0.685. The Hall–Kier alpha value is -3.12. The molecule has 0 unspecified atom stereocenters. The number of nitrogens with zero attached hydrogens (tertiary/aromatic N) is 4. The second-order valence-corrected chi connectivity index (χ2v) is 2.94. The van der Waals surface area contributed by atoms with Gasteiger partial charge in [-0.15, -0.1) is 0 Å². The minimum absolute atomic E-state index is 0.206. The van der Waals surface area contributed by atoms with Gasteiger partial charge in [-0.05, 0) is 0 Å². The Balaban J connectivity index is 3.77. The predicted molar refractivity (Wildman–Crippen MR) is 51.4 cm³/mol. The molecule has 0 amide bonds. The smallest absolute Gasteiger partial charge is 0.259 e. The maximum atomic E-state index is 11.4.